The van der Waals surface area contributed by atoms with E-state index in [1.54, 1.807) is 42.5 Å². The largest absolute Gasteiger partial charge is 0.329 e. The van der Waals surface area contributed by atoms with Crippen molar-refractivity contribution in [3.8, 4) is 0 Å². The smallest absolute Gasteiger partial charge is 0.285 e. The number of sulfonamides is 1. The standard InChI is InChI=1S/C21H23N3O4S/c25-20-14-24(21(26)23-20)18-10-8-17(9-11-18)13-22-29(27,28)19-3-1-2-16(12-19)7-6-15-4-5-15/h1-3,8-12,15,22H,4-7,13-14H2,(H,23,25,26). The summed E-state index contributed by atoms with van der Waals surface area (Å²) in [6, 6.07) is 13.5. The van der Waals surface area contributed by atoms with Crippen molar-refractivity contribution in [1.29, 1.82) is 0 Å². The molecule has 0 bridgehead atoms. The van der Waals surface area contributed by atoms with E-state index in [1.807, 2.05) is 6.07 Å². The summed E-state index contributed by atoms with van der Waals surface area (Å²) in [5.41, 5.74) is 2.39. The Morgan fingerprint density at radius 1 is 1.03 bits per heavy atom. The highest BCUT2D eigenvalue weighted by Crippen LogP contribution is 2.33. The van der Waals surface area contributed by atoms with E-state index in [9.17, 15) is 18.0 Å². The monoisotopic (exact) mass is 413 g/mol. The summed E-state index contributed by atoms with van der Waals surface area (Å²) in [6.45, 7) is 0.127. The van der Waals surface area contributed by atoms with Gasteiger partial charge in [-0.3, -0.25) is 15.0 Å². The van der Waals surface area contributed by atoms with Crippen molar-refractivity contribution in [2.24, 2.45) is 5.92 Å². The normalized spacial score (nSPS) is 16.9. The predicted octanol–water partition coefficient (Wildman–Crippen LogP) is 2.56. The molecule has 2 aromatic carbocycles. The quantitative estimate of drug-likeness (QED) is 0.650. The Morgan fingerprint density at radius 2 is 1.79 bits per heavy atom. The molecule has 0 atom stereocenters. The van der Waals surface area contributed by atoms with Crippen LogP contribution in [0.3, 0.4) is 0 Å². The predicted molar refractivity (Wildman–Crippen MR) is 109 cm³/mol. The molecule has 152 valence electrons. The van der Waals surface area contributed by atoms with Gasteiger partial charge in [0.15, 0.2) is 0 Å². The van der Waals surface area contributed by atoms with E-state index in [1.165, 1.54) is 17.7 Å². The minimum atomic E-state index is -3.61. The van der Waals surface area contributed by atoms with E-state index in [0.29, 0.717) is 5.69 Å². The Bertz CT molecular complexity index is 1030. The highest BCUT2D eigenvalue weighted by atomic mass is 32.2. The fourth-order valence-electron chi connectivity index (χ4n) is 3.35. The van der Waals surface area contributed by atoms with Crippen molar-refractivity contribution in [2.45, 2.75) is 37.1 Å². The van der Waals surface area contributed by atoms with Crippen LogP contribution >= 0.6 is 0 Å². The lowest BCUT2D eigenvalue weighted by Gasteiger charge is -2.14. The number of anilines is 1. The second kappa shape index (κ2) is 7.96. The zero-order valence-electron chi connectivity index (χ0n) is 15.9. The molecule has 0 unspecified atom stereocenters. The van der Waals surface area contributed by atoms with Crippen molar-refractivity contribution < 1.29 is 18.0 Å². The summed E-state index contributed by atoms with van der Waals surface area (Å²) in [5.74, 6) is 0.465. The Kier molecular flexibility index (Phi) is 5.38. The number of carbonyl (C=O) groups excluding carboxylic acids is 2. The summed E-state index contributed by atoms with van der Waals surface area (Å²) < 4.78 is 27.9. The van der Waals surface area contributed by atoms with Crippen LogP contribution in [-0.4, -0.2) is 26.9 Å². The Labute approximate surface area is 170 Å². The number of urea groups is 1. The maximum atomic E-state index is 12.7. The van der Waals surface area contributed by atoms with Crippen LogP contribution in [0.1, 0.15) is 30.4 Å². The molecule has 1 saturated carbocycles. The van der Waals surface area contributed by atoms with Crippen LogP contribution in [0.2, 0.25) is 0 Å². The van der Waals surface area contributed by atoms with Gasteiger partial charge in [0.2, 0.25) is 15.9 Å². The van der Waals surface area contributed by atoms with E-state index < -0.39 is 16.1 Å². The number of imide groups is 1. The minimum absolute atomic E-state index is 0.0120. The van der Waals surface area contributed by atoms with Crippen molar-refractivity contribution >= 4 is 27.6 Å². The van der Waals surface area contributed by atoms with Gasteiger partial charge in [-0.15, -0.1) is 0 Å². The van der Waals surface area contributed by atoms with E-state index in [4.69, 9.17) is 0 Å². The number of rotatable bonds is 8. The molecule has 2 N–H and O–H groups in total. The number of amides is 3. The highest BCUT2D eigenvalue weighted by Gasteiger charge is 2.27. The average Bonchev–Trinajstić information content (AvgIpc) is 3.48. The van der Waals surface area contributed by atoms with Gasteiger partial charge in [-0.05, 0) is 54.2 Å². The zero-order valence-corrected chi connectivity index (χ0v) is 16.7. The van der Waals surface area contributed by atoms with E-state index >= 15 is 0 Å². The molecule has 3 amide bonds. The van der Waals surface area contributed by atoms with Gasteiger partial charge in [0.05, 0.1) is 4.90 Å². The number of hydrogen-bond donors (Lipinski definition) is 2. The van der Waals surface area contributed by atoms with Crippen LogP contribution in [0.25, 0.3) is 0 Å². The first-order valence-corrected chi connectivity index (χ1v) is 11.2. The molecule has 0 radical (unpaired) electrons. The van der Waals surface area contributed by atoms with Gasteiger partial charge in [-0.25, -0.2) is 17.9 Å². The lowest BCUT2D eigenvalue weighted by Crippen LogP contribution is -2.27. The Balaban J connectivity index is 1.38. The Hall–Kier alpha value is -2.71. The SMILES string of the molecule is O=C1CN(c2ccc(CNS(=O)(=O)c3cccc(CCC4CC4)c3)cc2)C(=O)N1. The van der Waals surface area contributed by atoms with Gasteiger partial charge < -0.3 is 0 Å². The number of nitrogens with zero attached hydrogens (tertiary/aromatic N) is 1. The summed E-state index contributed by atoms with van der Waals surface area (Å²) in [7, 11) is -3.61. The number of carbonyl (C=O) groups is 2. The van der Waals surface area contributed by atoms with Gasteiger partial charge in [-0.1, -0.05) is 37.1 Å². The van der Waals surface area contributed by atoms with E-state index in [-0.39, 0.29) is 23.9 Å². The molecule has 2 fully saturated rings. The van der Waals surface area contributed by atoms with Crippen molar-refractivity contribution in [3.63, 3.8) is 0 Å². The van der Waals surface area contributed by atoms with Crippen LogP contribution in [0, 0.1) is 5.92 Å². The first kappa shape index (κ1) is 19.6. The van der Waals surface area contributed by atoms with Crippen LogP contribution in [-0.2, 0) is 27.8 Å². The molecule has 0 aromatic heterocycles. The first-order chi connectivity index (χ1) is 13.9. The number of hydrogen-bond acceptors (Lipinski definition) is 4. The lowest BCUT2D eigenvalue weighted by molar-refractivity contribution is -0.117. The second-order valence-electron chi connectivity index (χ2n) is 7.56. The van der Waals surface area contributed by atoms with Crippen LogP contribution in [0.15, 0.2) is 53.4 Å². The molecule has 1 aliphatic carbocycles. The average molecular weight is 413 g/mol. The summed E-state index contributed by atoms with van der Waals surface area (Å²) in [4.78, 5) is 24.6. The molecular weight excluding hydrogens is 390 g/mol. The maximum Gasteiger partial charge on any atom is 0.329 e. The van der Waals surface area contributed by atoms with Crippen LogP contribution < -0.4 is 14.9 Å². The molecule has 7 nitrogen and oxygen atoms in total. The zero-order chi connectivity index (χ0) is 20.4. The lowest BCUT2D eigenvalue weighted by atomic mass is 10.1. The fourth-order valence-corrected chi connectivity index (χ4v) is 4.44. The van der Waals surface area contributed by atoms with Crippen molar-refractivity contribution in [1.82, 2.24) is 10.0 Å². The van der Waals surface area contributed by atoms with Gasteiger partial charge in [0, 0.05) is 12.2 Å². The van der Waals surface area contributed by atoms with E-state index in [0.717, 1.165) is 29.9 Å². The minimum Gasteiger partial charge on any atom is -0.285 e. The molecule has 0 spiro atoms. The molecule has 8 heteroatoms. The Morgan fingerprint density at radius 3 is 2.45 bits per heavy atom. The fraction of sp³-hybridized carbons (Fsp3) is 0.333. The van der Waals surface area contributed by atoms with Gasteiger partial charge in [0.1, 0.15) is 6.54 Å². The topological polar surface area (TPSA) is 95.6 Å². The third-order valence-electron chi connectivity index (χ3n) is 5.25. The van der Waals surface area contributed by atoms with E-state index in [2.05, 4.69) is 10.0 Å². The highest BCUT2D eigenvalue weighted by molar-refractivity contribution is 7.89. The third-order valence-corrected chi connectivity index (χ3v) is 6.65. The van der Waals surface area contributed by atoms with Gasteiger partial charge in [-0.2, -0.15) is 0 Å². The molecule has 4 rings (SSSR count). The molecular formula is C21H23N3O4S. The summed E-state index contributed by atoms with van der Waals surface area (Å²) >= 11 is 0. The van der Waals surface area contributed by atoms with Crippen LogP contribution in [0.5, 0.6) is 0 Å². The molecule has 2 aliphatic rings. The van der Waals surface area contributed by atoms with Gasteiger partial charge >= 0.3 is 6.03 Å². The van der Waals surface area contributed by atoms with Crippen molar-refractivity contribution in [2.75, 3.05) is 11.4 Å². The number of aryl methyl sites for hydroxylation is 1. The van der Waals surface area contributed by atoms with Crippen LogP contribution in [0.4, 0.5) is 10.5 Å². The summed E-state index contributed by atoms with van der Waals surface area (Å²) in [6.07, 6.45) is 4.60. The maximum absolute atomic E-state index is 12.7. The number of benzene rings is 2. The number of nitrogens with one attached hydrogen (secondary N) is 2. The molecule has 2 aromatic rings. The van der Waals surface area contributed by atoms with Crippen molar-refractivity contribution in [3.05, 3.63) is 59.7 Å². The first-order valence-electron chi connectivity index (χ1n) is 9.69. The third kappa shape index (κ3) is 4.83. The second-order valence-corrected chi connectivity index (χ2v) is 9.33. The summed E-state index contributed by atoms with van der Waals surface area (Å²) in [5, 5.41) is 2.22. The molecule has 1 heterocycles. The molecule has 29 heavy (non-hydrogen) atoms. The molecule has 1 aliphatic heterocycles. The van der Waals surface area contributed by atoms with Gasteiger partial charge in [0.25, 0.3) is 0 Å². The molecule has 1 saturated heterocycles.